The van der Waals surface area contributed by atoms with Gasteiger partial charge in [-0.3, -0.25) is 11.3 Å². The molecule has 3 N–H and O–H groups in total. The summed E-state index contributed by atoms with van der Waals surface area (Å²) >= 11 is 0. The summed E-state index contributed by atoms with van der Waals surface area (Å²) in [4.78, 5) is 0. The second kappa shape index (κ2) is 5.51. The maximum absolute atomic E-state index is 5.83. The molecule has 2 fully saturated rings. The summed E-state index contributed by atoms with van der Waals surface area (Å²) in [5, 5.41) is 0. The Hall–Kier alpha value is -1.06. The molecule has 3 unspecified atom stereocenters. The maximum Gasteiger partial charge on any atom is 0.119 e. The fraction of sp³-hybridized carbons (Fsp3) is 0.625. The van der Waals surface area contributed by atoms with Gasteiger partial charge >= 0.3 is 0 Å². The molecule has 0 bridgehead atoms. The van der Waals surface area contributed by atoms with Crippen molar-refractivity contribution in [3.05, 3.63) is 29.8 Å². The third-order valence-corrected chi connectivity index (χ3v) is 4.82. The summed E-state index contributed by atoms with van der Waals surface area (Å²) in [6, 6.07) is 8.67. The van der Waals surface area contributed by atoms with E-state index in [0.717, 1.165) is 23.5 Å². The first kappa shape index (κ1) is 12.9. The number of nitrogens with one attached hydrogen (secondary N) is 1. The fourth-order valence-corrected chi connectivity index (χ4v) is 3.94. The van der Waals surface area contributed by atoms with E-state index < -0.39 is 0 Å². The van der Waals surface area contributed by atoms with Crippen molar-refractivity contribution < 1.29 is 4.74 Å². The zero-order chi connectivity index (χ0) is 13.2. The number of ether oxygens (including phenoxy) is 1. The van der Waals surface area contributed by atoms with Gasteiger partial charge in [0.2, 0.25) is 0 Å². The molecule has 0 spiro atoms. The summed E-state index contributed by atoms with van der Waals surface area (Å²) in [6.45, 7) is 2.72. The van der Waals surface area contributed by atoms with Crippen molar-refractivity contribution in [2.24, 2.45) is 23.6 Å². The van der Waals surface area contributed by atoms with E-state index in [1.165, 1.54) is 31.2 Å². The lowest BCUT2D eigenvalue weighted by Crippen LogP contribution is -2.30. The van der Waals surface area contributed by atoms with Crippen molar-refractivity contribution in [1.82, 2.24) is 5.43 Å². The molecule has 2 saturated carbocycles. The van der Waals surface area contributed by atoms with Crippen LogP contribution in [0.5, 0.6) is 5.75 Å². The monoisotopic (exact) mass is 260 g/mol. The van der Waals surface area contributed by atoms with Crippen LogP contribution in [0.2, 0.25) is 0 Å². The van der Waals surface area contributed by atoms with Gasteiger partial charge in [0.15, 0.2) is 0 Å². The minimum Gasteiger partial charge on any atom is -0.494 e. The highest BCUT2D eigenvalue weighted by atomic mass is 16.5. The first-order valence-electron chi connectivity index (χ1n) is 7.54. The molecule has 0 aromatic heterocycles. The van der Waals surface area contributed by atoms with Crippen LogP contribution in [0.25, 0.3) is 0 Å². The Labute approximate surface area is 115 Å². The molecular weight excluding hydrogens is 236 g/mol. The first-order chi connectivity index (χ1) is 9.35. The van der Waals surface area contributed by atoms with Gasteiger partial charge in [-0.2, -0.15) is 0 Å². The zero-order valence-electron chi connectivity index (χ0n) is 11.6. The second-order valence-electron chi connectivity index (χ2n) is 5.84. The SMILES string of the molecule is CCOc1cccc(C(NN)C2C3CCCCC32)c1. The van der Waals surface area contributed by atoms with Crippen molar-refractivity contribution in [3.8, 4) is 5.75 Å². The molecule has 3 nitrogen and oxygen atoms in total. The van der Waals surface area contributed by atoms with Crippen LogP contribution in [0.3, 0.4) is 0 Å². The van der Waals surface area contributed by atoms with Gasteiger partial charge in [-0.1, -0.05) is 25.0 Å². The van der Waals surface area contributed by atoms with Crippen LogP contribution in [0.1, 0.15) is 44.2 Å². The summed E-state index contributed by atoms with van der Waals surface area (Å²) < 4.78 is 5.59. The van der Waals surface area contributed by atoms with E-state index in [2.05, 4.69) is 23.6 Å². The molecule has 2 aliphatic carbocycles. The smallest absolute Gasteiger partial charge is 0.119 e. The van der Waals surface area contributed by atoms with E-state index >= 15 is 0 Å². The Morgan fingerprint density at radius 3 is 2.68 bits per heavy atom. The number of hydrogen-bond donors (Lipinski definition) is 2. The molecule has 3 atom stereocenters. The Morgan fingerprint density at radius 2 is 2.05 bits per heavy atom. The van der Waals surface area contributed by atoms with Crippen LogP contribution in [0, 0.1) is 17.8 Å². The topological polar surface area (TPSA) is 47.3 Å². The Morgan fingerprint density at radius 1 is 1.32 bits per heavy atom. The van der Waals surface area contributed by atoms with Gasteiger partial charge in [-0.15, -0.1) is 0 Å². The van der Waals surface area contributed by atoms with E-state index in [1.807, 2.05) is 13.0 Å². The van der Waals surface area contributed by atoms with Gasteiger partial charge < -0.3 is 4.74 Å². The highest BCUT2D eigenvalue weighted by Gasteiger charge is 2.54. The molecule has 19 heavy (non-hydrogen) atoms. The average molecular weight is 260 g/mol. The molecule has 0 heterocycles. The molecule has 3 rings (SSSR count). The molecule has 0 radical (unpaired) electrons. The van der Waals surface area contributed by atoms with Gasteiger partial charge in [0.1, 0.15) is 5.75 Å². The lowest BCUT2D eigenvalue weighted by atomic mass is 10.0. The average Bonchev–Trinajstić information content (AvgIpc) is 3.15. The lowest BCUT2D eigenvalue weighted by molar-refractivity contribution is 0.338. The normalized spacial score (nSPS) is 30.5. The number of benzene rings is 1. The Kier molecular flexibility index (Phi) is 3.76. The molecule has 0 amide bonds. The van der Waals surface area contributed by atoms with Crippen LogP contribution in [0.15, 0.2) is 24.3 Å². The van der Waals surface area contributed by atoms with E-state index in [4.69, 9.17) is 10.6 Å². The van der Waals surface area contributed by atoms with Gasteiger partial charge in [0.25, 0.3) is 0 Å². The van der Waals surface area contributed by atoms with Crippen LogP contribution < -0.4 is 16.0 Å². The predicted molar refractivity (Wildman–Crippen MR) is 76.6 cm³/mol. The van der Waals surface area contributed by atoms with Crippen LogP contribution in [-0.2, 0) is 0 Å². The molecule has 104 valence electrons. The molecular formula is C16H24N2O. The second-order valence-corrected chi connectivity index (χ2v) is 5.84. The lowest BCUT2D eigenvalue weighted by Gasteiger charge is -2.17. The standard InChI is InChI=1S/C16H24N2O/c1-2-19-12-7-5-6-11(10-12)16(18-17)15-13-8-3-4-9-14(13)15/h5-7,10,13-16,18H,2-4,8-9,17H2,1H3. The van der Waals surface area contributed by atoms with E-state index in [-0.39, 0.29) is 6.04 Å². The molecule has 0 aliphatic heterocycles. The van der Waals surface area contributed by atoms with Gasteiger partial charge in [0, 0.05) is 6.04 Å². The number of hydrazine groups is 1. The minimum atomic E-state index is 0.286. The van der Waals surface area contributed by atoms with Gasteiger partial charge in [-0.25, -0.2) is 0 Å². The number of nitrogens with two attached hydrogens (primary N) is 1. The highest BCUT2D eigenvalue weighted by molar-refractivity contribution is 5.32. The first-order valence-corrected chi connectivity index (χ1v) is 7.54. The van der Waals surface area contributed by atoms with E-state index in [0.29, 0.717) is 6.61 Å². The van der Waals surface area contributed by atoms with Crippen molar-refractivity contribution in [3.63, 3.8) is 0 Å². The summed E-state index contributed by atoms with van der Waals surface area (Å²) in [5.74, 6) is 9.30. The van der Waals surface area contributed by atoms with Crippen LogP contribution in [-0.4, -0.2) is 6.61 Å². The molecule has 2 aliphatic rings. The largest absolute Gasteiger partial charge is 0.494 e. The minimum absolute atomic E-state index is 0.286. The van der Waals surface area contributed by atoms with Crippen molar-refractivity contribution in [2.75, 3.05) is 6.61 Å². The number of hydrogen-bond acceptors (Lipinski definition) is 3. The third kappa shape index (κ3) is 2.49. The third-order valence-electron chi connectivity index (χ3n) is 4.82. The van der Waals surface area contributed by atoms with Gasteiger partial charge in [0.05, 0.1) is 6.61 Å². The number of rotatable bonds is 5. The molecule has 3 heteroatoms. The molecule has 0 saturated heterocycles. The highest BCUT2D eigenvalue weighted by Crippen LogP contribution is 2.60. The number of fused-ring (bicyclic) bond motifs is 1. The fourth-order valence-electron chi connectivity index (χ4n) is 3.94. The summed E-state index contributed by atoms with van der Waals surface area (Å²) in [5.41, 5.74) is 4.32. The quantitative estimate of drug-likeness (QED) is 0.632. The van der Waals surface area contributed by atoms with E-state index in [9.17, 15) is 0 Å². The van der Waals surface area contributed by atoms with Crippen molar-refractivity contribution >= 4 is 0 Å². The van der Waals surface area contributed by atoms with Crippen LogP contribution in [0.4, 0.5) is 0 Å². The van der Waals surface area contributed by atoms with Crippen LogP contribution >= 0.6 is 0 Å². The Bertz CT molecular complexity index is 423. The van der Waals surface area contributed by atoms with Crippen molar-refractivity contribution in [2.45, 2.75) is 38.6 Å². The molecule has 1 aromatic rings. The Balaban J connectivity index is 1.77. The maximum atomic E-state index is 5.83. The summed E-state index contributed by atoms with van der Waals surface area (Å²) in [6.07, 6.45) is 5.57. The summed E-state index contributed by atoms with van der Waals surface area (Å²) in [7, 11) is 0. The molecule has 1 aromatic carbocycles. The zero-order valence-corrected chi connectivity index (χ0v) is 11.6. The van der Waals surface area contributed by atoms with E-state index in [1.54, 1.807) is 0 Å². The van der Waals surface area contributed by atoms with Crippen molar-refractivity contribution in [1.29, 1.82) is 0 Å². The van der Waals surface area contributed by atoms with Gasteiger partial charge in [-0.05, 0) is 55.2 Å². The predicted octanol–water partition coefficient (Wildman–Crippen LogP) is 3.03.